The number of rotatable bonds is 4. The van der Waals surface area contributed by atoms with Gasteiger partial charge in [-0.2, -0.15) is 0 Å². The third kappa shape index (κ3) is 3.29. The monoisotopic (exact) mass is 318 g/mol. The largest absolute Gasteiger partial charge is 0.319 e. The highest BCUT2D eigenvalue weighted by molar-refractivity contribution is 7.91. The lowest BCUT2D eigenvalue weighted by atomic mass is 10.2. The molecule has 7 heteroatoms. The number of aryl methyl sites for hydroxylation is 2. The number of nitrogens with zero attached hydrogens (tertiary/aromatic N) is 2. The van der Waals surface area contributed by atoms with Crippen molar-refractivity contribution >= 4 is 33.0 Å². The van der Waals surface area contributed by atoms with Gasteiger partial charge in [-0.25, -0.2) is 13.4 Å². The van der Waals surface area contributed by atoms with Crippen molar-refractivity contribution in [1.29, 1.82) is 0 Å². The fraction of sp³-hybridized carbons (Fsp3) is 0.250. The molecule has 0 amide bonds. The zero-order valence-electron chi connectivity index (χ0n) is 10.2. The molecule has 0 unspecified atom stereocenters. The third-order valence-corrected chi connectivity index (χ3v) is 5.19. The maximum atomic E-state index is 12.1. The maximum absolute atomic E-state index is 12.1. The van der Waals surface area contributed by atoms with Gasteiger partial charge in [-0.15, -0.1) is 0 Å². The summed E-state index contributed by atoms with van der Waals surface area (Å²) in [5, 5.41) is 0.426. The summed E-state index contributed by atoms with van der Waals surface area (Å²) in [6.07, 6.45) is 1.43. The van der Waals surface area contributed by atoms with E-state index >= 15 is 0 Å². The highest BCUT2D eigenvalue weighted by atomic mass is 35.5. The first-order valence-corrected chi connectivity index (χ1v) is 7.96. The van der Waals surface area contributed by atoms with Crippen LogP contribution in [0, 0.1) is 6.92 Å². The van der Waals surface area contributed by atoms with Crippen LogP contribution in [0.25, 0.3) is 0 Å². The van der Waals surface area contributed by atoms with Gasteiger partial charge < -0.3 is 4.57 Å². The van der Waals surface area contributed by atoms with Crippen molar-refractivity contribution in [2.75, 3.05) is 5.75 Å². The van der Waals surface area contributed by atoms with E-state index in [0.29, 0.717) is 4.90 Å². The molecule has 1 heterocycles. The molecule has 0 atom stereocenters. The van der Waals surface area contributed by atoms with Crippen molar-refractivity contribution < 1.29 is 8.42 Å². The summed E-state index contributed by atoms with van der Waals surface area (Å²) >= 11 is 11.6. The minimum Gasteiger partial charge on any atom is -0.319 e. The van der Waals surface area contributed by atoms with Gasteiger partial charge in [0.15, 0.2) is 15.0 Å². The molecule has 0 radical (unpaired) electrons. The molecular formula is C12H12Cl2N2O2S. The number of halogens is 2. The van der Waals surface area contributed by atoms with Crippen molar-refractivity contribution in [2.24, 2.45) is 0 Å². The third-order valence-electron chi connectivity index (χ3n) is 2.71. The van der Waals surface area contributed by atoms with E-state index in [4.69, 9.17) is 23.2 Å². The van der Waals surface area contributed by atoms with Crippen molar-refractivity contribution in [3.05, 3.63) is 46.5 Å². The highest BCUT2D eigenvalue weighted by Crippen LogP contribution is 2.20. The summed E-state index contributed by atoms with van der Waals surface area (Å²) in [7, 11) is -3.33. The summed E-state index contributed by atoms with van der Waals surface area (Å²) in [6, 6.07) is 6.75. The number of benzene rings is 1. The summed E-state index contributed by atoms with van der Waals surface area (Å²) in [5.74, 6) is -0.0531. The molecule has 19 heavy (non-hydrogen) atoms. The van der Waals surface area contributed by atoms with Gasteiger partial charge in [-0.1, -0.05) is 40.9 Å². The summed E-state index contributed by atoms with van der Waals surface area (Å²) in [6.45, 7) is 2.12. The Labute approximate surface area is 121 Å². The predicted octanol–water partition coefficient (Wildman–Crippen LogP) is 2.97. The van der Waals surface area contributed by atoms with Gasteiger partial charge in [0.2, 0.25) is 0 Å². The van der Waals surface area contributed by atoms with Crippen LogP contribution in [0.5, 0.6) is 0 Å². The van der Waals surface area contributed by atoms with Gasteiger partial charge in [-0.3, -0.25) is 0 Å². The molecule has 0 saturated heterocycles. The molecule has 0 bridgehead atoms. The highest BCUT2D eigenvalue weighted by Gasteiger charge is 2.15. The molecule has 2 rings (SSSR count). The lowest BCUT2D eigenvalue weighted by Gasteiger charge is -2.06. The van der Waals surface area contributed by atoms with E-state index in [1.54, 1.807) is 24.3 Å². The van der Waals surface area contributed by atoms with E-state index in [1.165, 1.54) is 10.9 Å². The summed E-state index contributed by atoms with van der Waals surface area (Å²) < 4.78 is 25.8. The Balaban J connectivity index is 2.14. The Morgan fingerprint density at radius 2 is 1.84 bits per heavy atom. The molecule has 0 spiro atoms. The molecule has 0 fully saturated rings. The zero-order valence-corrected chi connectivity index (χ0v) is 12.5. The van der Waals surface area contributed by atoms with E-state index in [9.17, 15) is 8.42 Å². The fourth-order valence-electron chi connectivity index (χ4n) is 1.58. The molecule has 1 aromatic carbocycles. The molecule has 4 nitrogen and oxygen atoms in total. The Kier molecular flexibility index (Phi) is 4.18. The van der Waals surface area contributed by atoms with Gasteiger partial charge in [0, 0.05) is 6.54 Å². The van der Waals surface area contributed by atoms with E-state index in [0.717, 1.165) is 5.56 Å². The predicted molar refractivity (Wildman–Crippen MR) is 75.5 cm³/mol. The van der Waals surface area contributed by atoms with E-state index < -0.39 is 9.84 Å². The Morgan fingerprint density at radius 1 is 1.21 bits per heavy atom. The number of hydrogen-bond acceptors (Lipinski definition) is 3. The van der Waals surface area contributed by atoms with Crippen LogP contribution in [-0.2, 0) is 16.4 Å². The maximum Gasteiger partial charge on any atom is 0.180 e. The van der Waals surface area contributed by atoms with Crippen molar-refractivity contribution in [3.8, 4) is 0 Å². The minimum absolute atomic E-state index is 0.0531. The molecule has 0 aliphatic rings. The molecule has 2 aromatic rings. The van der Waals surface area contributed by atoms with Crippen LogP contribution in [0.15, 0.2) is 35.5 Å². The van der Waals surface area contributed by atoms with Gasteiger partial charge in [-0.05, 0) is 19.1 Å². The summed E-state index contributed by atoms with van der Waals surface area (Å²) in [5.41, 5.74) is 1.02. The number of sulfone groups is 1. The van der Waals surface area contributed by atoms with Crippen LogP contribution in [-0.4, -0.2) is 23.7 Å². The second-order valence-electron chi connectivity index (χ2n) is 4.15. The first-order valence-electron chi connectivity index (χ1n) is 5.56. The van der Waals surface area contributed by atoms with E-state index in [-0.39, 0.29) is 22.6 Å². The average molecular weight is 319 g/mol. The number of aromatic nitrogens is 2. The standard InChI is InChI=1S/C12H12Cl2N2O2S/c1-9-2-4-10(5-3-9)19(17,18)7-6-16-8-15-11(13)12(16)14/h2-5,8H,6-7H2,1H3. The van der Waals surface area contributed by atoms with Crippen LogP contribution < -0.4 is 0 Å². The quantitative estimate of drug-likeness (QED) is 0.870. The van der Waals surface area contributed by atoms with Crippen LogP contribution in [0.2, 0.25) is 10.3 Å². The molecule has 0 aliphatic heterocycles. The topological polar surface area (TPSA) is 52.0 Å². The van der Waals surface area contributed by atoms with Crippen LogP contribution in [0.3, 0.4) is 0 Å². The average Bonchev–Trinajstić information content (AvgIpc) is 2.68. The van der Waals surface area contributed by atoms with E-state index in [2.05, 4.69) is 4.98 Å². The van der Waals surface area contributed by atoms with Gasteiger partial charge in [0.1, 0.15) is 5.15 Å². The molecular weight excluding hydrogens is 307 g/mol. The molecule has 1 aromatic heterocycles. The van der Waals surface area contributed by atoms with Crippen molar-refractivity contribution in [2.45, 2.75) is 18.4 Å². The van der Waals surface area contributed by atoms with Crippen molar-refractivity contribution in [1.82, 2.24) is 9.55 Å². The second-order valence-corrected chi connectivity index (χ2v) is 6.98. The minimum atomic E-state index is -3.33. The number of imidazole rings is 1. The first kappa shape index (κ1) is 14.4. The molecule has 0 saturated carbocycles. The lowest BCUT2D eigenvalue weighted by Crippen LogP contribution is -2.12. The van der Waals surface area contributed by atoms with Gasteiger partial charge in [0.05, 0.1) is 17.0 Å². The fourth-order valence-corrected chi connectivity index (χ4v) is 3.13. The smallest absolute Gasteiger partial charge is 0.180 e. The second kappa shape index (κ2) is 5.53. The molecule has 0 N–H and O–H groups in total. The van der Waals surface area contributed by atoms with E-state index in [1.807, 2.05) is 6.92 Å². The lowest BCUT2D eigenvalue weighted by molar-refractivity contribution is 0.589. The molecule has 0 aliphatic carbocycles. The molecule has 102 valence electrons. The Bertz CT molecular complexity index is 678. The number of hydrogen-bond donors (Lipinski definition) is 0. The normalized spacial score (nSPS) is 11.7. The van der Waals surface area contributed by atoms with Crippen molar-refractivity contribution in [3.63, 3.8) is 0 Å². The van der Waals surface area contributed by atoms with Crippen LogP contribution >= 0.6 is 23.2 Å². The first-order chi connectivity index (χ1) is 8.90. The van der Waals surface area contributed by atoms with Gasteiger partial charge in [0.25, 0.3) is 0 Å². The zero-order chi connectivity index (χ0) is 14.0. The van der Waals surface area contributed by atoms with Crippen LogP contribution in [0.1, 0.15) is 5.56 Å². The van der Waals surface area contributed by atoms with Crippen LogP contribution in [0.4, 0.5) is 0 Å². The SMILES string of the molecule is Cc1ccc(S(=O)(=O)CCn2cnc(Cl)c2Cl)cc1. The Hall–Kier alpha value is -1.04. The Morgan fingerprint density at radius 3 is 2.37 bits per heavy atom. The van der Waals surface area contributed by atoms with Gasteiger partial charge >= 0.3 is 0 Å². The summed E-state index contributed by atoms with van der Waals surface area (Å²) in [4.78, 5) is 4.11.